The normalized spacial score (nSPS) is 16.3. The van der Waals surface area contributed by atoms with Crippen LogP contribution in [0.3, 0.4) is 0 Å². The topological polar surface area (TPSA) is 73.0 Å². The first-order chi connectivity index (χ1) is 9.22. The first-order valence-corrected chi connectivity index (χ1v) is 6.45. The summed E-state index contributed by atoms with van der Waals surface area (Å²) in [4.78, 5) is 15.9. The number of nitrogens with zero attached hydrogens (tertiary/aromatic N) is 3. The van der Waals surface area contributed by atoms with Gasteiger partial charge < -0.3 is 14.4 Å². The molecule has 0 aliphatic heterocycles. The molecule has 1 fully saturated rings. The average Bonchev–Trinajstić information content (AvgIpc) is 2.91. The summed E-state index contributed by atoms with van der Waals surface area (Å²) in [5.74, 6) is 1.10. The van der Waals surface area contributed by atoms with Crippen LogP contribution in [0.5, 0.6) is 0 Å². The highest BCUT2D eigenvalue weighted by atomic mass is 16.5. The van der Waals surface area contributed by atoms with E-state index in [9.17, 15) is 4.79 Å². The standard InChI is InChI=1S/C13H16N4O2/c1-9(7-17-5-4-14-8-17)15-13(18)11-6-12(19-16-11)10-2-3-10/h4-6,8-10H,2-3,7H2,1H3,(H,15,18)/t9-/m0/s1. The first-order valence-electron chi connectivity index (χ1n) is 6.45. The van der Waals surface area contributed by atoms with Crippen LogP contribution < -0.4 is 5.32 Å². The Morgan fingerprint density at radius 2 is 2.47 bits per heavy atom. The lowest BCUT2D eigenvalue weighted by Crippen LogP contribution is -2.35. The minimum Gasteiger partial charge on any atom is -0.360 e. The fourth-order valence-corrected chi connectivity index (χ4v) is 2.01. The van der Waals surface area contributed by atoms with Crippen molar-refractivity contribution in [2.24, 2.45) is 0 Å². The number of amides is 1. The van der Waals surface area contributed by atoms with Gasteiger partial charge in [0.25, 0.3) is 5.91 Å². The van der Waals surface area contributed by atoms with E-state index < -0.39 is 0 Å². The quantitative estimate of drug-likeness (QED) is 0.885. The lowest BCUT2D eigenvalue weighted by atomic mass is 10.2. The molecule has 1 aliphatic rings. The summed E-state index contributed by atoms with van der Waals surface area (Å²) in [6.07, 6.45) is 7.57. The van der Waals surface area contributed by atoms with Gasteiger partial charge in [-0.2, -0.15) is 0 Å². The van der Waals surface area contributed by atoms with Gasteiger partial charge in [-0.05, 0) is 19.8 Å². The molecule has 6 nitrogen and oxygen atoms in total. The number of hydrogen-bond donors (Lipinski definition) is 1. The van der Waals surface area contributed by atoms with Gasteiger partial charge in [0.2, 0.25) is 0 Å². The van der Waals surface area contributed by atoms with Gasteiger partial charge in [-0.25, -0.2) is 4.98 Å². The fraction of sp³-hybridized carbons (Fsp3) is 0.462. The third-order valence-corrected chi connectivity index (χ3v) is 3.16. The SMILES string of the molecule is C[C@@H](Cn1ccnc1)NC(=O)c1cc(C2CC2)on1. The van der Waals surface area contributed by atoms with Crippen molar-refractivity contribution in [1.82, 2.24) is 20.0 Å². The Labute approximate surface area is 110 Å². The molecule has 100 valence electrons. The molecule has 3 rings (SSSR count). The molecule has 2 heterocycles. The average molecular weight is 260 g/mol. The van der Waals surface area contributed by atoms with Crippen molar-refractivity contribution in [3.8, 4) is 0 Å². The fourth-order valence-electron chi connectivity index (χ4n) is 2.01. The molecule has 2 aromatic heterocycles. The third-order valence-electron chi connectivity index (χ3n) is 3.16. The molecule has 1 aliphatic carbocycles. The van der Waals surface area contributed by atoms with Crippen molar-refractivity contribution in [3.05, 3.63) is 36.2 Å². The summed E-state index contributed by atoms with van der Waals surface area (Å²) in [6, 6.07) is 1.75. The van der Waals surface area contributed by atoms with Crippen molar-refractivity contribution in [1.29, 1.82) is 0 Å². The van der Waals surface area contributed by atoms with E-state index in [0.29, 0.717) is 18.2 Å². The van der Waals surface area contributed by atoms with Crippen molar-refractivity contribution in [3.63, 3.8) is 0 Å². The summed E-state index contributed by atoms with van der Waals surface area (Å²) in [5.41, 5.74) is 0.361. The van der Waals surface area contributed by atoms with Crippen LogP contribution in [0, 0.1) is 0 Å². The summed E-state index contributed by atoms with van der Waals surface area (Å²) < 4.78 is 7.09. The predicted molar refractivity (Wildman–Crippen MR) is 67.6 cm³/mol. The third kappa shape index (κ3) is 2.83. The number of nitrogens with one attached hydrogen (secondary N) is 1. The first kappa shape index (κ1) is 12.0. The van der Waals surface area contributed by atoms with E-state index in [0.717, 1.165) is 18.6 Å². The highest BCUT2D eigenvalue weighted by Gasteiger charge is 2.29. The van der Waals surface area contributed by atoms with Gasteiger partial charge >= 0.3 is 0 Å². The van der Waals surface area contributed by atoms with Crippen LogP contribution in [0.25, 0.3) is 0 Å². The summed E-state index contributed by atoms with van der Waals surface area (Å²) in [6.45, 7) is 2.62. The van der Waals surface area contributed by atoms with Gasteiger partial charge in [-0.1, -0.05) is 5.16 Å². The molecule has 1 saturated carbocycles. The van der Waals surface area contributed by atoms with Gasteiger partial charge in [0.05, 0.1) is 6.33 Å². The maximum absolute atomic E-state index is 12.0. The number of carbonyl (C=O) groups excluding carboxylic acids is 1. The number of carbonyl (C=O) groups is 1. The zero-order valence-corrected chi connectivity index (χ0v) is 10.7. The molecular formula is C13H16N4O2. The largest absolute Gasteiger partial charge is 0.360 e. The molecular weight excluding hydrogens is 244 g/mol. The van der Waals surface area contributed by atoms with Gasteiger partial charge in [0.15, 0.2) is 5.69 Å². The highest BCUT2D eigenvalue weighted by molar-refractivity contribution is 5.92. The van der Waals surface area contributed by atoms with E-state index in [1.165, 1.54) is 0 Å². The van der Waals surface area contributed by atoms with Gasteiger partial charge in [0.1, 0.15) is 5.76 Å². The molecule has 0 bridgehead atoms. The van der Waals surface area contributed by atoms with Crippen LogP contribution >= 0.6 is 0 Å². The molecule has 0 radical (unpaired) electrons. The number of rotatable bonds is 5. The Bertz CT molecular complexity index is 557. The monoisotopic (exact) mass is 260 g/mol. The minimum absolute atomic E-state index is 0.00257. The van der Waals surface area contributed by atoms with Gasteiger partial charge in [-0.3, -0.25) is 4.79 Å². The van der Waals surface area contributed by atoms with Crippen molar-refractivity contribution < 1.29 is 9.32 Å². The zero-order valence-electron chi connectivity index (χ0n) is 10.7. The van der Waals surface area contributed by atoms with E-state index in [2.05, 4.69) is 15.5 Å². The van der Waals surface area contributed by atoms with E-state index in [1.54, 1.807) is 18.6 Å². The van der Waals surface area contributed by atoms with Crippen LogP contribution in [-0.2, 0) is 6.54 Å². The zero-order chi connectivity index (χ0) is 13.2. The van der Waals surface area contributed by atoms with E-state index in [-0.39, 0.29) is 11.9 Å². The second kappa shape index (κ2) is 4.87. The predicted octanol–water partition coefficient (Wildman–Crippen LogP) is 1.57. The minimum atomic E-state index is -0.191. The maximum Gasteiger partial charge on any atom is 0.273 e. The lowest BCUT2D eigenvalue weighted by Gasteiger charge is -2.13. The van der Waals surface area contributed by atoms with Gasteiger partial charge in [-0.15, -0.1) is 0 Å². The Morgan fingerprint density at radius 1 is 1.63 bits per heavy atom. The molecule has 6 heteroatoms. The smallest absolute Gasteiger partial charge is 0.273 e. The molecule has 1 N–H and O–H groups in total. The second-order valence-corrected chi connectivity index (χ2v) is 5.02. The van der Waals surface area contributed by atoms with Crippen LogP contribution in [0.4, 0.5) is 0 Å². The van der Waals surface area contributed by atoms with Crippen LogP contribution in [0.15, 0.2) is 29.3 Å². The van der Waals surface area contributed by atoms with E-state index >= 15 is 0 Å². The van der Waals surface area contributed by atoms with Gasteiger partial charge in [0, 0.05) is 37.0 Å². The molecule has 19 heavy (non-hydrogen) atoms. The van der Waals surface area contributed by atoms with Crippen LogP contribution in [0.2, 0.25) is 0 Å². The number of imidazole rings is 1. The van der Waals surface area contributed by atoms with E-state index in [1.807, 2.05) is 17.7 Å². The van der Waals surface area contributed by atoms with Crippen LogP contribution in [0.1, 0.15) is 41.9 Å². The van der Waals surface area contributed by atoms with Crippen LogP contribution in [-0.4, -0.2) is 26.7 Å². The Balaban J connectivity index is 1.57. The van der Waals surface area contributed by atoms with Crippen molar-refractivity contribution >= 4 is 5.91 Å². The number of hydrogen-bond acceptors (Lipinski definition) is 4. The molecule has 0 aromatic carbocycles. The molecule has 0 saturated heterocycles. The summed E-state index contributed by atoms with van der Waals surface area (Å²) in [5, 5.41) is 6.72. The highest BCUT2D eigenvalue weighted by Crippen LogP contribution is 2.40. The molecule has 0 unspecified atom stereocenters. The van der Waals surface area contributed by atoms with Crippen molar-refractivity contribution in [2.45, 2.75) is 38.3 Å². The Morgan fingerprint density at radius 3 is 3.16 bits per heavy atom. The molecule has 1 atom stereocenters. The maximum atomic E-state index is 12.0. The molecule has 0 spiro atoms. The Kier molecular flexibility index (Phi) is 3.06. The second-order valence-electron chi connectivity index (χ2n) is 5.02. The molecule has 2 aromatic rings. The molecule has 1 amide bonds. The van der Waals surface area contributed by atoms with Crippen molar-refractivity contribution in [2.75, 3.05) is 0 Å². The van der Waals surface area contributed by atoms with E-state index in [4.69, 9.17) is 4.52 Å². The lowest BCUT2D eigenvalue weighted by molar-refractivity contribution is 0.0927. The summed E-state index contributed by atoms with van der Waals surface area (Å²) >= 11 is 0. The Hall–Kier alpha value is -2.11. The number of aromatic nitrogens is 3. The summed E-state index contributed by atoms with van der Waals surface area (Å²) in [7, 11) is 0.